The minimum absolute atomic E-state index is 0.331. The second-order valence-corrected chi connectivity index (χ2v) is 3.31. The van der Waals surface area contributed by atoms with Gasteiger partial charge in [-0.25, -0.2) is 9.98 Å². The van der Waals surface area contributed by atoms with Gasteiger partial charge >= 0.3 is 0 Å². The second kappa shape index (κ2) is 3.77. The summed E-state index contributed by atoms with van der Waals surface area (Å²) in [7, 11) is 0. The molecule has 2 heterocycles. The lowest BCUT2D eigenvalue weighted by Gasteiger charge is -2.21. The van der Waals surface area contributed by atoms with Crippen LogP contribution in [-0.4, -0.2) is 37.6 Å². The molecule has 0 radical (unpaired) electrons. The fourth-order valence-corrected chi connectivity index (χ4v) is 1.33. The first-order chi connectivity index (χ1) is 6.36. The Morgan fingerprint density at radius 2 is 2.08 bits per heavy atom. The molecule has 72 valence electrons. The third kappa shape index (κ3) is 1.99. The van der Waals surface area contributed by atoms with Gasteiger partial charge in [-0.3, -0.25) is 0 Å². The van der Waals surface area contributed by atoms with Crippen molar-refractivity contribution in [1.29, 1.82) is 0 Å². The van der Waals surface area contributed by atoms with Crippen LogP contribution >= 0.6 is 0 Å². The van der Waals surface area contributed by atoms with Gasteiger partial charge in [-0.1, -0.05) is 0 Å². The van der Waals surface area contributed by atoms with Crippen molar-refractivity contribution in [3.05, 3.63) is 0 Å². The molecule has 1 atom stereocenters. The lowest BCUT2D eigenvalue weighted by molar-refractivity contribution is 0.242. The van der Waals surface area contributed by atoms with E-state index in [2.05, 4.69) is 16.9 Å². The summed E-state index contributed by atoms with van der Waals surface area (Å²) in [5.74, 6) is 1.19. The number of rotatable bonds is 1. The molecule has 0 aromatic rings. The molecule has 0 spiro atoms. The molecule has 2 aliphatic rings. The molecule has 0 aromatic carbocycles. The van der Waals surface area contributed by atoms with Gasteiger partial charge in [-0.05, 0) is 6.92 Å². The molecule has 2 rings (SSSR count). The van der Waals surface area contributed by atoms with Crippen LogP contribution in [0.5, 0.6) is 0 Å². The maximum Gasteiger partial charge on any atom is 0.273 e. The van der Waals surface area contributed by atoms with Crippen molar-refractivity contribution < 1.29 is 9.47 Å². The van der Waals surface area contributed by atoms with E-state index >= 15 is 0 Å². The Kier molecular flexibility index (Phi) is 2.47. The van der Waals surface area contributed by atoms with Gasteiger partial charge in [-0.15, -0.1) is 0 Å². The van der Waals surface area contributed by atoms with Gasteiger partial charge in [0.05, 0.1) is 19.3 Å². The van der Waals surface area contributed by atoms with Crippen molar-refractivity contribution in [3.8, 4) is 0 Å². The maximum atomic E-state index is 5.38. The lowest BCUT2D eigenvalue weighted by Crippen LogP contribution is -2.30. The van der Waals surface area contributed by atoms with E-state index in [1.165, 1.54) is 0 Å². The number of hydrogen-bond donors (Lipinski definition) is 0. The minimum atomic E-state index is 0.331. The van der Waals surface area contributed by atoms with E-state index in [-0.39, 0.29) is 0 Å². The summed E-state index contributed by atoms with van der Waals surface area (Å²) in [6.07, 6.45) is 1.98. The second-order valence-electron chi connectivity index (χ2n) is 3.31. The quantitative estimate of drug-likeness (QED) is 0.607. The Morgan fingerprint density at radius 3 is 2.77 bits per heavy atom. The third-order valence-electron chi connectivity index (χ3n) is 2.09. The van der Waals surface area contributed by atoms with Crippen LogP contribution in [0.4, 0.5) is 0 Å². The summed E-state index contributed by atoms with van der Waals surface area (Å²) in [6, 6.07) is 0.331. The van der Waals surface area contributed by atoms with E-state index in [1.54, 1.807) is 0 Å². The molecule has 0 bridgehead atoms. The first-order valence-corrected chi connectivity index (χ1v) is 4.74. The highest BCUT2D eigenvalue weighted by Crippen LogP contribution is 2.09. The fraction of sp³-hybridized carbons (Fsp3) is 0.778. The number of ether oxygens (including phenoxy) is 2. The zero-order valence-corrected chi connectivity index (χ0v) is 7.82. The zero-order chi connectivity index (χ0) is 9.10. The highest BCUT2D eigenvalue weighted by atomic mass is 16.5. The summed E-state index contributed by atoms with van der Waals surface area (Å²) in [5.41, 5.74) is 0. The molecule has 0 fully saturated rings. The average Bonchev–Trinajstić information content (AvgIpc) is 2.19. The highest BCUT2D eigenvalue weighted by Gasteiger charge is 2.20. The largest absolute Gasteiger partial charge is 0.474 e. The predicted molar refractivity (Wildman–Crippen MR) is 50.3 cm³/mol. The van der Waals surface area contributed by atoms with E-state index in [4.69, 9.17) is 9.47 Å². The summed E-state index contributed by atoms with van der Waals surface area (Å²) >= 11 is 0. The van der Waals surface area contributed by atoms with Crippen molar-refractivity contribution in [2.24, 2.45) is 9.98 Å². The molecule has 2 aliphatic heterocycles. The predicted octanol–water partition coefficient (Wildman–Crippen LogP) is 1.01. The highest BCUT2D eigenvalue weighted by molar-refractivity contribution is 6.35. The van der Waals surface area contributed by atoms with Crippen LogP contribution < -0.4 is 0 Å². The number of aliphatic imine (C=N–C) groups is 2. The Hall–Kier alpha value is -1.06. The van der Waals surface area contributed by atoms with E-state index in [0.29, 0.717) is 17.8 Å². The van der Waals surface area contributed by atoms with Crippen LogP contribution in [0.25, 0.3) is 0 Å². The van der Waals surface area contributed by atoms with E-state index in [0.717, 1.165) is 32.6 Å². The number of hydrogen-bond acceptors (Lipinski definition) is 4. The van der Waals surface area contributed by atoms with Crippen LogP contribution in [0, 0.1) is 0 Å². The Bertz CT molecular complexity index is 248. The van der Waals surface area contributed by atoms with Crippen LogP contribution in [-0.2, 0) is 9.47 Å². The molecule has 0 amide bonds. The third-order valence-corrected chi connectivity index (χ3v) is 2.09. The van der Waals surface area contributed by atoms with Crippen molar-refractivity contribution in [1.82, 2.24) is 0 Å². The van der Waals surface area contributed by atoms with E-state index in [9.17, 15) is 0 Å². The van der Waals surface area contributed by atoms with Crippen LogP contribution in [0.3, 0.4) is 0 Å². The Morgan fingerprint density at radius 1 is 1.23 bits per heavy atom. The molecule has 1 unspecified atom stereocenters. The topological polar surface area (TPSA) is 43.2 Å². The first kappa shape index (κ1) is 8.53. The standard InChI is InChI=1S/C9H14N2O2/c1-7-3-6-13-9(11-7)8-10-4-2-5-12-8/h7H,2-6H2,1H3. The van der Waals surface area contributed by atoms with E-state index < -0.39 is 0 Å². The average molecular weight is 182 g/mol. The Labute approximate surface area is 77.7 Å². The van der Waals surface area contributed by atoms with Gasteiger partial charge in [0.2, 0.25) is 0 Å². The van der Waals surface area contributed by atoms with Crippen LogP contribution in [0.15, 0.2) is 9.98 Å². The van der Waals surface area contributed by atoms with Gasteiger partial charge in [0, 0.05) is 19.4 Å². The molecule has 4 nitrogen and oxygen atoms in total. The molecular formula is C9H14N2O2. The molecule has 0 saturated heterocycles. The molecule has 13 heavy (non-hydrogen) atoms. The summed E-state index contributed by atoms with van der Waals surface area (Å²) < 4.78 is 10.7. The van der Waals surface area contributed by atoms with Crippen molar-refractivity contribution >= 4 is 11.8 Å². The van der Waals surface area contributed by atoms with Gasteiger partial charge < -0.3 is 9.47 Å². The molecule has 0 aliphatic carbocycles. The minimum Gasteiger partial charge on any atom is -0.474 e. The van der Waals surface area contributed by atoms with Crippen molar-refractivity contribution in [3.63, 3.8) is 0 Å². The van der Waals surface area contributed by atoms with Gasteiger partial charge in [-0.2, -0.15) is 0 Å². The SMILES string of the molecule is CC1CCOC(C2=NCCCO2)=N1. The summed E-state index contributed by atoms with van der Waals surface area (Å²) in [6.45, 7) is 4.36. The normalized spacial score (nSPS) is 28.2. The van der Waals surface area contributed by atoms with Gasteiger partial charge in [0.15, 0.2) is 0 Å². The van der Waals surface area contributed by atoms with Gasteiger partial charge in [0.1, 0.15) is 0 Å². The molecule has 0 saturated carbocycles. The smallest absolute Gasteiger partial charge is 0.273 e. The molecule has 0 N–H and O–H groups in total. The summed E-state index contributed by atoms with van der Waals surface area (Å²) in [5, 5.41) is 0. The van der Waals surface area contributed by atoms with Crippen molar-refractivity contribution in [2.45, 2.75) is 25.8 Å². The van der Waals surface area contributed by atoms with E-state index in [1.807, 2.05) is 0 Å². The summed E-state index contributed by atoms with van der Waals surface area (Å²) in [4.78, 5) is 8.57. The fourth-order valence-electron chi connectivity index (χ4n) is 1.33. The maximum absolute atomic E-state index is 5.38. The number of nitrogens with zero attached hydrogens (tertiary/aromatic N) is 2. The van der Waals surface area contributed by atoms with Crippen LogP contribution in [0.1, 0.15) is 19.8 Å². The van der Waals surface area contributed by atoms with Gasteiger partial charge in [0.25, 0.3) is 11.8 Å². The monoisotopic (exact) mass is 182 g/mol. The first-order valence-electron chi connectivity index (χ1n) is 4.74. The lowest BCUT2D eigenvalue weighted by atomic mass is 10.2. The van der Waals surface area contributed by atoms with Crippen LogP contribution in [0.2, 0.25) is 0 Å². The Balaban J connectivity index is 2.10. The molecule has 0 aromatic heterocycles. The molecule has 4 heteroatoms. The molecular weight excluding hydrogens is 168 g/mol. The van der Waals surface area contributed by atoms with Crippen molar-refractivity contribution in [2.75, 3.05) is 19.8 Å². The zero-order valence-electron chi connectivity index (χ0n) is 7.82.